The van der Waals surface area contributed by atoms with Crippen molar-refractivity contribution in [1.29, 1.82) is 0 Å². The molecule has 0 aromatic heterocycles. The molecule has 0 saturated carbocycles. The van der Waals surface area contributed by atoms with Crippen molar-refractivity contribution in [2.24, 2.45) is 10.7 Å². The molecule has 1 aliphatic heterocycles. The van der Waals surface area contributed by atoms with Crippen LogP contribution in [0.3, 0.4) is 0 Å². The number of anilines is 1. The molecule has 5 heteroatoms. The first-order valence-corrected chi connectivity index (χ1v) is 5.84. The molecule has 1 aliphatic rings. The number of nitrogens with two attached hydrogens (primary N) is 1. The summed E-state index contributed by atoms with van der Waals surface area (Å²) in [4.78, 5) is 16.5. The van der Waals surface area contributed by atoms with Gasteiger partial charge in [0.15, 0.2) is 0 Å². The number of amidine groups is 1. The van der Waals surface area contributed by atoms with Crippen LogP contribution in [0, 0.1) is 0 Å². The lowest BCUT2D eigenvalue weighted by Crippen LogP contribution is -2.26. The number of hydrogen-bond acceptors (Lipinski definition) is 3. The van der Waals surface area contributed by atoms with E-state index in [4.69, 9.17) is 5.73 Å². The van der Waals surface area contributed by atoms with E-state index in [9.17, 15) is 4.79 Å². The van der Waals surface area contributed by atoms with E-state index in [1.807, 2.05) is 25.1 Å². The largest absolute Gasteiger partial charge is 0.384 e. The minimum atomic E-state index is -0.0458. The first-order valence-electron chi connectivity index (χ1n) is 4.96. The quantitative estimate of drug-likeness (QED) is 0.572. The molecule has 0 aliphatic carbocycles. The lowest BCUT2D eigenvalue weighted by Gasteiger charge is -2.21. The van der Waals surface area contributed by atoms with Crippen molar-refractivity contribution in [3.63, 3.8) is 0 Å². The normalized spacial score (nSPS) is 20.2. The SMILES string of the molecule is CN=C(N)c1ccc2c(c1)NC(=O)C(C)S2. The molecule has 3 N–H and O–H groups in total. The van der Waals surface area contributed by atoms with Gasteiger partial charge in [-0.25, -0.2) is 0 Å². The molecule has 1 aromatic carbocycles. The number of rotatable bonds is 1. The van der Waals surface area contributed by atoms with E-state index in [0.717, 1.165) is 16.1 Å². The molecule has 0 radical (unpaired) electrons. The van der Waals surface area contributed by atoms with Crippen LogP contribution in [0.1, 0.15) is 12.5 Å². The van der Waals surface area contributed by atoms with E-state index < -0.39 is 0 Å². The van der Waals surface area contributed by atoms with Gasteiger partial charge in [0, 0.05) is 17.5 Å². The smallest absolute Gasteiger partial charge is 0.237 e. The Bertz CT molecular complexity index is 470. The second-order valence-electron chi connectivity index (χ2n) is 3.57. The van der Waals surface area contributed by atoms with Crippen LogP contribution < -0.4 is 11.1 Å². The van der Waals surface area contributed by atoms with Crippen LogP contribution in [0.15, 0.2) is 28.1 Å². The summed E-state index contributed by atoms with van der Waals surface area (Å²) in [6.45, 7) is 1.89. The topological polar surface area (TPSA) is 67.5 Å². The third kappa shape index (κ3) is 1.90. The highest BCUT2D eigenvalue weighted by Crippen LogP contribution is 2.35. The number of thioether (sulfide) groups is 1. The number of benzene rings is 1. The summed E-state index contributed by atoms with van der Waals surface area (Å²) in [7, 11) is 1.64. The predicted molar refractivity (Wildman–Crippen MR) is 67.0 cm³/mol. The maximum Gasteiger partial charge on any atom is 0.237 e. The number of amides is 1. The molecule has 1 amide bonds. The van der Waals surface area contributed by atoms with Gasteiger partial charge in [0.05, 0.1) is 10.9 Å². The minimum absolute atomic E-state index is 0.0293. The van der Waals surface area contributed by atoms with Crippen LogP contribution in [0.4, 0.5) is 5.69 Å². The van der Waals surface area contributed by atoms with Gasteiger partial charge in [-0.2, -0.15) is 0 Å². The molecule has 1 aromatic rings. The van der Waals surface area contributed by atoms with Crippen LogP contribution in [-0.2, 0) is 4.79 Å². The molecule has 1 heterocycles. The van der Waals surface area contributed by atoms with Gasteiger partial charge in [-0.1, -0.05) is 6.07 Å². The van der Waals surface area contributed by atoms with Crippen LogP contribution in [0.5, 0.6) is 0 Å². The van der Waals surface area contributed by atoms with Gasteiger partial charge in [0.2, 0.25) is 5.91 Å². The summed E-state index contributed by atoms with van der Waals surface area (Å²) in [6.07, 6.45) is 0. The van der Waals surface area contributed by atoms with Gasteiger partial charge >= 0.3 is 0 Å². The molecule has 0 spiro atoms. The van der Waals surface area contributed by atoms with E-state index in [-0.39, 0.29) is 11.2 Å². The Hall–Kier alpha value is -1.49. The highest BCUT2D eigenvalue weighted by molar-refractivity contribution is 8.00. The zero-order valence-corrected chi connectivity index (χ0v) is 9.97. The van der Waals surface area contributed by atoms with Crippen molar-refractivity contribution in [2.75, 3.05) is 12.4 Å². The van der Waals surface area contributed by atoms with Crippen molar-refractivity contribution >= 4 is 29.2 Å². The van der Waals surface area contributed by atoms with Gasteiger partial charge in [0.25, 0.3) is 0 Å². The van der Waals surface area contributed by atoms with Gasteiger partial charge in [-0.05, 0) is 19.1 Å². The molecule has 16 heavy (non-hydrogen) atoms. The molecule has 0 fully saturated rings. The first kappa shape index (κ1) is 11.0. The lowest BCUT2D eigenvalue weighted by molar-refractivity contribution is -0.115. The monoisotopic (exact) mass is 235 g/mol. The third-order valence-corrected chi connectivity index (χ3v) is 3.62. The van der Waals surface area contributed by atoms with Crippen molar-refractivity contribution in [2.45, 2.75) is 17.1 Å². The Kier molecular flexibility index (Phi) is 2.87. The predicted octanol–water partition coefficient (Wildman–Crippen LogP) is 1.45. The fourth-order valence-corrected chi connectivity index (χ4v) is 2.43. The fraction of sp³-hybridized carbons (Fsp3) is 0.273. The molecule has 1 atom stereocenters. The maximum absolute atomic E-state index is 11.5. The second kappa shape index (κ2) is 4.17. The fourth-order valence-electron chi connectivity index (χ4n) is 1.50. The van der Waals surface area contributed by atoms with Crippen molar-refractivity contribution in [3.8, 4) is 0 Å². The van der Waals surface area contributed by atoms with Gasteiger partial charge in [-0.15, -0.1) is 11.8 Å². The van der Waals surface area contributed by atoms with Crippen LogP contribution >= 0.6 is 11.8 Å². The zero-order chi connectivity index (χ0) is 11.7. The van der Waals surface area contributed by atoms with E-state index in [1.54, 1.807) is 18.8 Å². The van der Waals surface area contributed by atoms with Crippen LogP contribution in [0.2, 0.25) is 0 Å². The summed E-state index contributed by atoms with van der Waals surface area (Å²) in [5.41, 5.74) is 7.37. The van der Waals surface area contributed by atoms with Crippen molar-refractivity contribution in [1.82, 2.24) is 0 Å². The number of aliphatic imine (C=N–C) groups is 1. The van der Waals surface area contributed by atoms with Gasteiger partial charge in [0.1, 0.15) is 5.84 Å². The Morgan fingerprint density at radius 1 is 1.56 bits per heavy atom. The van der Waals surface area contributed by atoms with Gasteiger partial charge in [-0.3, -0.25) is 9.79 Å². The van der Waals surface area contributed by atoms with Crippen molar-refractivity contribution < 1.29 is 4.79 Å². The Morgan fingerprint density at radius 2 is 2.31 bits per heavy atom. The van der Waals surface area contributed by atoms with Crippen LogP contribution in [-0.4, -0.2) is 24.0 Å². The molecular weight excluding hydrogens is 222 g/mol. The average molecular weight is 235 g/mol. The number of carbonyl (C=O) groups excluding carboxylic acids is 1. The van der Waals surface area contributed by atoms with E-state index in [1.165, 1.54) is 0 Å². The maximum atomic E-state index is 11.5. The zero-order valence-electron chi connectivity index (χ0n) is 9.15. The summed E-state index contributed by atoms with van der Waals surface area (Å²) >= 11 is 1.56. The Morgan fingerprint density at radius 3 is 3.00 bits per heavy atom. The van der Waals surface area contributed by atoms with E-state index in [0.29, 0.717) is 5.84 Å². The summed E-state index contributed by atoms with van der Waals surface area (Å²) in [5, 5.41) is 2.81. The number of nitrogens with zero attached hydrogens (tertiary/aromatic N) is 1. The first-order chi connectivity index (χ1) is 7.61. The standard InChI is InChI=1S/C11H13N3OS/c1-6-11(15)14-8-5-7(10(12)13-2)3-4-9(8)16-6/h3-6H,1-2H3,(H2,12,13)(H,14,15). The van der Waals surface area contributed by atoms with E-state index in [2.05, 4.69) is 10.3 Å². The summed E-state index contributed by atoms with van der Waals surface area (Å²) < 4.78 is 0. The third-order valence-electron chi connectivity index (χ3n) is 2.45. The molecule has 0 saturated heterocycles. The van der Waals surface area contributed by atoms with E-state index >= 15 is 0 Å². The minimum Gasteiger partial charge on any atom is -0.384 e. The van der Waals surface area contributed by atoms with Gasteiger partial charge < -0.3 is 11.1 Å². The highest BCUT2D eigenvalue weighted by atomic mass is 32.2. The summed E-state index contributed by atoms with van der Waals surface area (Å²) in [6, 6.07) is 5.73. The van der Waals surface area contributed by atoms with Crippen LogP contribution in [0.25, 0.3) is 0 Å². The molecule has 84 valence electrons. The highest BCUT2D eigenvalue weighted by Gasteiger charge is 2.23. The average Bonchev–Trinajstić information content (AvgIpc) is 2.29. The summed E-state index contributed by atoms with van der Waals surface area (Å²) in [5.74, 6) is 0.502. The number of fused-ring (bicyclic) bond motifs is 1. The molecule has 0 bridgehead atoms. The number of carbonyl (C=O) groups is 1. The molecular formula is C11H13N3OS. The Labute approximate surface area is 98.3 Å². The number of hydrogen-bond donors (Lipinski definition) is 2. The van der Waals surface area contributed by atoms with Crippen molar-refractivity contribution in [3.05, 3.63) is 23.8 Å². The molecule has 4 nitrogen and oxygen atoms in total. The number of nitrogens with one attached hydrogen (secondary N) is 1. The lowest BCUT2D eigenvalue weighted by atomic mass is 10.1. The second-order valence-corrected chi connectivity index (χ2v) is 4.95. The molecule has 1 unspecified atom stereocenters. The Balaban J connectivity index is 2.40. The molecule has 2 rings (SSSR count).